The number of sulfonamides is 1. The minimum Gasteiger partial charge on any atom is -0.508 e. The summed E-state index contributed by atoms with van der Waals surface area (Å²) in [7, 11) is -2.58. The number of aryl methyl sites for hydroxylation is 1. The standard InChI is InChI=1S/C26H31N3O5S2/c1-16(18-7-5-4-6-8-18)25(31)28-26-27-17(2)24(35-26)19-9-14-22(34-3)23(15-19)36(32,33)29-20-10-12-21(30)13-11-20/h9-16,18,29-30H,4-8H2,1-3H3,(H,27,28,31)/t16-/m0/s1. The maximum absolute atomic E-state index is 13.2. The van der Waals surface area contributed by atoms with Crippen LogP contribution in [0.4, 0.5) is 10.8 Å². The second kappa shape index (κ2) is 10.9. The van der Waals surface area contributed by atoms with Gasteiger partial charge in [-0.1, -0.05) is 37.5 Å². The van der Waals surface area contributed by atoms with Gasteiger partial charge in [0.2, 0.25) is 5.91 Å². The van der Waals surface area contributed by atoms with Crippen LogP contribution in [0.3, 0.4) is 0 Å². The summed E-state index contributed by atoms with van der Waals surface area (Å²) in [4.78, 5) is 18.1. The number of hydrogen-bond donors (Lipinski definition) is 3. The fourth-order valence-electron chi connectivity index (χ4n) is 4.55. The van der Waals surface area contributed by atoms with Crippen molar-refractivity contribution < 1.29 is 23.1 Å². The lowest BCUT2D eigenvalue weighted by Gasteiger charge is -2.26. The fourth-order valence-corrected chi connectivity index (χ4v) is 6.77. The number of methoxy groups -OCH3 is 1. The predicted molar refractivity (Wildman–Crippen MR) is 142 cm³/mol. The van der Waals surface area contributed by atoms with Crippen LogP contribution in [-0.2, 0) is 14.8 Å². The highest BCUT2D eigenvalue weighted by molar-refractivity contribution is 7.92. The molecule has 0 saturated heterocycles. The van der Waals surface area contributed by atoms with Crippen LogP contribution in [0.25, 0.3) is 10.4 Å². The minimum absolute atomic E-state index is 0.0279. The van der Waals surface area contributed by atoms with Crippen molar-refractivity contribution in [1.82, 2.24) is 4.98 Å². The highest BCUT2D eigenvalue weighted by Crippen LogP contribution is 2.38. The van der Waals surface area contributed by atoms with Crippen molar-refractivity contribution in [3.05, 3.63) is 48.2 Å². The van der Waals surface area contributed by atoms with Gasteiger partial charge in [0.1, 0.15) is 16.4 Å². The molecule has 1 aromatic heterocycles. The molecule has 10 heteroatoms. The monoisotopic (exact) mass is 529 g/mol. The van der Waals surface area contributed by atoms with Gasteiger partial charge in [-0.3, -0.25) is 9.52 Å². The molecule has 0 unspecified atom stereocenters. The SMILES string of the molecule is COc1ccc(-c2sc(NC(=O)[C@@H](C)C3CCCCC3)nc2C)cc1S(=O)(=O)Nc1ccc(O)cc1. The number of ether oxygens (including phenoxy) is 1. The summed E-state index contributed by atoms with van der Waals surface area (Å²) in [5.41, 5.74) is 1.66. The molecule has 0 spiro atoms. The molecule has 1 amide bonds. The minimum atomic E-state index is -3.99. The van der Waals surface area contributed by atoms with Crippen LogP contribution < -0.4 is 14.8 Å². The summed E-state index contributed by atoms with van der Waals surface area (Å²) >= 11 is 1.32. The van der Waals surface area contributed by atoms with Gasteiger partial charge < -0.3 is 15.2 Å². The number of hydrogen-bond acceptors (Lipinski definition) is 7. The Balaban J connectivity index is 1.58. The molecule has 192 valence electrons. The van der Waals surface area contributed by atoms with E-state index in [0.29, 0.717) is 28.0 Å². The lowest BCUT2D eigenvalue weighted by atomic mass is 9.80. The Hall–Kier alpha value is -3.11. The smallest absolute Gasteiger partial charge is 0.265 e. The van der Waals surface area contributed by atoms with Crippen molar-refractivity contribution >= 4 is 38.1 Å². The van der Waals surface area contributed by atoms with Crippen LogP contribution in [0.15, 0.2) is 47.4 Å². The summed E-state index contributed by atoms with van der Waals surface area (Å²) in [5, 5.41) is 12.9. The Morgan fingerprint density at radius 1 is 1.14 bits per heavy atom. The van der Waals surface area contributed by atoms with Crippen molar-refractivity contribution in [3.63, 3.8) is 0 Å². The number of benzene rings is 2. The molecule has 2 aromatic carbocycles. The zero-order valence-electron chi connectivity index (χ0n) is 20.6. The van der Waals surface area contributed by atoms with Crippen molar-refractivity contribution in [2.75, 3.05) is 17.1 Å². The number of phenolic OH excluding ortho intramolecular Hbond substituents is 1. The molecule has 0 aliphatic heterocycles. The average Bonchev–Trinajstić information content (AvgIpc) is 3.24. The van der Waals surface area contributed by atoms with E-state index < -0.39 is 10.0 Å². The third kappa shape index (κ3) is 5.82. The molecule has 3 N–H and O–H groups in total. The molecular weight excluding hydrogens is 498 g/mol. The van der Waals surface area contributed by atoms with Crippen LogP contribution in [0.1, 0.15) is 44.7 Å². The third-order valence-corrected chi connectivity index (χ3v) is 9.16. The molecule has 1 aliphatic rings. The van der Waals surface area contributed by atoms with Crippen LogP contribution in [-0.4, -0.2) is 31.5 Å². The van der Waals surface area contributed by atoms with Gasteiger partial charge in [0.15, 0.2) is 5.13 Å². The van der Waals surface area contributed by atoms with Gasteiger partial charge in [-0.15, -0.1) is 0 Å². The Labute approximate surface area is 215 Å². The number of carbonyl (C=O) groups is 1. The number of nitrogens with one attached hydrogen (secondary N) is 2. The van der Waals surface area contributed by atoms with E-state index in [0.717, 1.165) is 17.7 Å². The largest absolute Gasteiger partial charge is 0.508 e. The summed E-state index contributed by atoms with van der Waals surface area (Å²) < 4.78 is 34.2. The maximum atomic E-state index is 13.2. The zero-order chi connectivity index (χ0) is 25.9. The van der Waals surface area contributed by atoms with Gasteiger partial charge in [0.25, 0.3) is 10.0 Å². The van der Waals surface area contributed by atoms with E-state index in [1.54, 1.807) is 18.2 Å². The van der Waals surface area contributed by atoms with Gasteiger partial charge >= 0.3 is 0 Å². The zero-order valence-corrected chi connectivity index (χ0v) is 22.2. The van der Waals surface area contributed by atoms with Crippen molar-refractivity contribution in [2.45, 2.75) is 50.8 Å². The van der Waals surface area contributed by atoms with Gasteiger partial charge in [0, 0.05) is 11.6 Å². The summed E-state index contributed by atoms with van der Waals surface area (Å²) in [6.07, 6.45) is 5.75. The van der Waals surface area contributed by atoms with E-state index in [1.165, 1.54) is 62.0 Å². The van der Waals surface area contributed by atoms with Crippen LogP contribution >= 0.6 is 11.3 Å². The Bertz CT molecular complexity index is 1330. The van der Waals surface area contributed by atoms with E-state index in [-0.39, 0.29) is 28.2 Å². The van der Waals surface area contributed by atoms with E-state index in [9.17, 15) is 18.3 Å². The first-order chi connectivity index (χ1) is 17.2. The molecule has 8 nitrogen and oxygen atoms in total. The number of amides is 1. The number of rotatable bonds is 8. The molecule has 36 heavy (non-hydrogen) atoms. The summed E-state index contributed by atoms with van der Waals surface area (Å²) in [6, 6.07) is 10.7. The highest BCUT2D eigenvalue weighted by Gasteiger charge is 2.27. The normalized spacial score (nSPS) is 15.3. The maximum Gasteiger partial charge on any atom is 0.265 e. The van der Waals surface area contributed by atoms with Gasteiger partial charge in [-0.25, -0.2) is 13.4 Å². The topological polar surface area (TPSA) is 118 Å². The predicted octanol–water partition coefficient (Wildman–Crippen LogP) is 5.79. The van der Waals surface area contributed by atoms with Gasteiger partial charge in [-0.2, -0.15) is 0 Å². The first kappa shape index (κ1) is 26.0. The van der Waals surface area contributed by atoms with Gasteiger partial charge in [0.05, 0.1) is 17.7 Å². The second-order valence-corrected chi connectivity index (χ2v) is 11.8. The first-order valence-corrected chi connectivity index (χ1v) is 14.3. The molecule has 1 saturated carbocycles. The van der Waals surface area contributed by atoms with Gasteiger partial charge in [-0.05, 0) is 73.7 Å². The lowest BCUT2D eigenvalue weighted by molar-refractivity contribution is -0.121. The van der Waals surface area contributed by atoms with E-state index in [1.807, 2.05) is 13.8 Å². The highest BCUT2D eigenvalue weighted by atomic mass is 32.2. The molecular formula is C26H31N3O5S2. The molecule has 4 rings (SSSR count). The molecule has 1 heterocycles. The van der Waals surface area contributed by atoms with Crippen LogP contribution in [0.5, 0.6) is 11.5 Å². The van der Waals surface area contributed by atoms with Crippen LogP contribution in [0.2, 0.25) is 0 Å². The molecule has 1 atom stereocenters. The average molecular weight is 530 g/mol. The molecule has 0 radical (unpaired) electrons. The Morgan fingerprint density at radius 2 is 1.83 bits per heavy atom. The number of anilines is 2. The Kier molecular flexibility index (Phi) is 7.85. The lowest BCUT2D eigenvalue weighted by Crippen LogP contribution is -2.28. The third-order valence-electron chi connectivity index (χ3n) is 6.63. The molecule has 0 bridgehead atoms. The quantitative estimate of drug-likeness (QED) is 0.318. The number of carbonyl (C=O) groups excluding carboxylic acids is 1. The number of aromatic nitrogens is 1. The van der Waals surface area contributed by atoms with Crippen LogP contribution in [0, 0.1) is 18.8 Å². The summed E-state index contributed by atoms with van der Waals surface area (Å²) in [6.45, 7) is 3.81. The van der Waals surface area contributed by atoms with E-state index >= 15 is 0 Å². The van der Waals surface area contributed by atoms with Crippen molar-refractivity contribution in [1.29, 1.82) is 0 Å². The van der Waals surface area contributed by atoms with Crippen molar-refractivity contribution in [2.24, 2.45) is 11.8 Å². The molecule has 3 aromatic rings. The molecule has 1 aliphatic carbocycles. The Morgan fingerprint density at radius 3 is 2.50 bits per heavy atom. The van der Waals surface area contributed by atoms with Crippen molar-refractivity contribution in [3.8, 4) is 21.9 Å². The number of thiazole rings is 1. The number of phenols is 1. The van der Waals surface area contributed by atoms with E-state index in [4.69, 9.17) is 4.74 Å². The van der Waals surface area contributed by atoms with E-state index in [2.05, 4.69) is 15.0 Å². The number of nitrogens with zero attached hydrogens (tertiary/aromatic N) is 1. The second-order valence-electron chi connectivity index (χ2n) is 9.13. The molecule has 1 fully saturated rings. The first-order valence-electron chi connectivity index (χ1n) is 12.0. The number of aromatic hydroxyl groups is 1. The summed E-state index contributed by atoms with van der Waals surface area (Å²) in [5.74, 6) is 0.519. The fraction of sp³-hybridized carbons (Fsp3) is 0.385.